The molecule has 0 radical (unpaired) electrons. The van der Waals surface area contributed by atoms with Gasteiger partial charge in [-0.05, 0) is 54.0 Å². The highest BCUT2D eigenvalue weighted by atomic mass is 79.9. The Hall–Kier alpha value is -1.28. The standard InChI is InChI=1S/C18H18BBr/c1-11-7-8-15-12(2)14(10-16(15)18(11)19)9-13-5-3-4-6-17(13)20/h3-8,14H,2,9-10,19H2,1H3. The number of halogens is 1. The van der Waals surface area contributed by atoms with Crippen molar-refractivity contribution in [3.05, 3.63) is 69.7 Å². The van der Waals surface area contributed by atoms with E-state index in [4.69, 9.17) is 0 Å². The molecule has 0 bridgehead atoms. The predicted octanol–water partition coefficient (Wildman–Crippen LogP) is 3.44. The van der Waals surface area contributed by atoms with E-state index in [-0.39, 0.29) is 0 Å². The van der Waals surface area contributed by atoms with Crippen molar-refractivity contribution in [2.75, 3.05) is 0 Å². The number of allylic oxidation sites excluding steroid dienone is 1. The third kappa shape index (κ3) is 2.27. The molecule has 20 heavy (non-hydrogen) atoms. The van der Waals surface area contributed by atoms with Crippen molar-refractivity contribution in [3.8, 4) is 0 Å². The average molecular weight is 325 g/mol. The summed E-state index contributed by atoms with van der Waals surface area (Å²) in [5.41, 5.74) is 8.40. The lowest BCUT2D eigenvalue weighted by Gasteiger charge is -2.12. The van der Waals surface area contributed by atoms with Gasteiger partial charge in [0.15, 0.2) is 0 Å². The number of hydrogen-bond donors (Lipinski definition) is 0. The zero-order chi connectivity index (χ0) is 14.3. The molecule has 100 valence electrons. The van der Waals surface area contributed by atoms with Crippen LogP contribution < -0.4 is 5.46 Å². The van der Waals surface area contributed by atoms with Crippen LogP contribution in [0.5, 0.6) is 0 Å². The highest BCUT2D eigenvalue weighted by Crippen LogP contribution is 2.38. The van der Waals surface area contributed by atoms with E-state index < -0.39 is 0 Å². The minimum absolute atomic E-state index is 0.532. The first-order chi connectivity index (χ1) is 9.58. The summed E-state index contributed by atoms with van der Waals surface area (Å²) >= 11 is 3.66. The van der Waals surface area contributed by atoms with Crippen molar-refractivity contribution in [1.82, 2.24) is 0 Å². The summed E-state index contributed by atoms with van der Waals surface area (Å²) in [6, 6.07) is 13.0. The number of rotatable bonds is 2. The summed E-state index contributed by atoms with van der Waals surface area (Å²) in [7, 11) is 2.24. The molecule has 0 saturated heterocycles. The molecule has 0 amide bonds. The van der Waals surface area contributed by atoms with Crippen molar-refractivity contribution in [1.29, 1.82) is 0 Å². The van der Waals surface area contributed by atoms with Gasteiger partial charge in [-0.15, -0.1) is 0 Å². The molecule has 2 aromatic rings. The lowest BCUT2D eigenvalue weighted by Crippen LogP contribution is -2.14. The zero-order valence-corrected chi connectivity index (χ0v) is 13.6. The number of aryl methyl sites for hydroxylation is 1. The van der Waals surface area contributed by atoms with Crippen LogP contribution in [0.25, 0.3) is 5.57 Å². The fourth-order valence-electron chi connectivity index (χ4n) is 3.15. The van der Waals surface area contributed by atoms with Crippen LogP contribution in [0, 0.1) is 12.8 Å². The fourth-order valence-corrected chi connectivity index (χ4v) is 3.60. The minimum atomic E-state index is 0.532. The minimum Gasteiger partial charge on any atom is -0.0949 e. The molecule has 3 rings (SSSR count). The van der Waals surface area contributed by atoms with Gasteiger partial charge in [0.25, 0.3) is 0 Å². The largest absolute Gasteiger partial charge is 0.140 e. The van der Waals surface area contributed by atoms with Crippen LogP contribution in [0.4, 0.5) is 0 Å². The molecule has 1 atom stereocenters. The molecule has 1 aliphatic rings. The van der Waals surface area contributed by atoms with Crippen LogP contribution >= 0.6 is 15.9 Å². The van der Waals surface area contributed by atoms with Gasteiger partial charge < -0.3 is 0 Å². The van der Waals surface area contributed by atoms with E-state index in [1.165, 1.54) is 37.8 Å². The lowest BCUT2D eigenvalue weighted by molar-refractivity contribution is 0.690. The van der Waals surface area contributed by atoms with Gasteiger partial charge in [0, 0.05) is 4.47 Å². The SMILES string of the molecule is Bc1c(C)ccc2c1CC(Cc1ccccc1Br)C2=C. The van der Waals surface area contributed by atoms with Gasteiger partial charge in [-0.2, -0.15) is 0 Å². The summed E-state index contributed by atoms with van der Waals surface area (Å²) in [6.45, 7) is 6.55. The zero-order valence-electron chi connectivity index (χ0n) is 12.0. The summed E-state index contributed by atoms with van der Waals surface area (Å²) in [4.78, 5) is 0. The molecule has 0 aromatic heterocycles. The van der Waals surface area contributed by atoms with Crippen molar-refractivity contribution in [2.45, 2.75) is 19.8 Å². The van der Waals surface area contributed by atoms with E-state index in [1.807, 2.05) is 0 Å². The molecule has 1 aliphatic carbocycles. The Bertz CT molecular complexity index is 688. The Morgan fingerprint density at radius 1 is 1.25 bits per heavy atom. The second-order valence-electron chi connectivity index (χ2n) is 5.76. The van der Waals surface area contributed by atoms with Gasteiger partial charge in [-0.3, -0.25) is 0 Å². The van der Waals surface area contributed by atoms with Gasteiger partial charge >= 0.3 is 0 Å². The maximum atomic E-state index is 4.36. The summed E-state index contributed by atoms with van der Waals surface area (Å²) in [6.07, 6.45) is 2.19. The van der Waals surface area contributed by atoms with Gasteiger partial charge in [0.2, 0.25) is 0 Å². The van der Waals surface area contributed by atoms with E-state index in [0.717, 1.165) is 12.8 Å². The molecular weight excluding hydrogens is 307 g/mol. The predicted molar refractivity (Wildman–Crippen MR) is 93.4 cm³/mol. The third-order valence-electron chi connectivity index (χ3n) is 4.58. The van der Waals surface area contributed by atoms with Crippen LogP contribution in [0.1, 0.15) is 22.3 Å². The summed E-state index contributed by atoms with van der Waals surface area (Å²) in [5.74, 6) is 0.532. The molecule has 2 aromatic carbocycles. The molecule has 0 spiro atoms. The Morgan fingerprint density at radius 3 is 2.75 bits per heavy atom. The molecule has 0 aliphatic heterocycles. The van der Waals surface area contributed by atoms with E-state index >= 15 is 0 Å². The monoisotopic (exact) mass is 324 g/mol. The summed E-state index contributed by atoms with van der Waals surface area (Å²) in [5, 5.41) is 0. The topological polar surface area (TPSA) is 0 Å². The van der Waals surface area contributed by atoms with Crippen molar-refractivity contribution >= 4 is 34.8 Å². The highest BCUT2D eigenvalue weighted by Gasteiger charge is 2.27. The first-order valence-electron chi connectivity index (χ1n) is 7.09. The average Bonchev–Trinajstić information content (AvgIpc) is 2.75. The Morgan fingerprint density at radius 2 is 2.00 bits per heavy atom. The van der Waals surface area contributed by atoms with Gasteiger partial charge in [-0.1, -0.05) is 63.9 Å². The quantitative estimate of drug-likeness (QED) is 0.742. The fraction of sp³-hybridized carbons (Fsp3) is 0.222. The van der Waals surface area contributed by atoms with Gasteiger partial charge in [0.05, 0.1) is 0 Å². The maximum absolute atomic E-state index is 4.36. The van der Waals surface area contributed by atoms with Crippen LogP contribution in [-0.2, 0) is 12.8 Å². The molecule has 0 heterocycles. The highest BCUT2D eigenvalue weighted by molar-refractivity contribution is 9.10. The molecule has 0 saturated carbocycles. The molecule has 1 unspecified atom stereocenters. The summed E-state index contributed by atoms with van der Waals surface area (Å²) < 4.78 is 1.21. The second-order valence-corrected chi connectivity index (χ2v) is 6.61. The third-order valence-corrected chi connectivity index (χ3v) is 5.36. The number of hydrogen-bond acceptors (Lipinski definition) is 0. The number of benzene rings is 2. The Kier molecular flexibility index (Phi) is 3.60. The van der Waals surface area contributed by atoms with Crippen LogP contribution in [-0.4, -0.2) is 7.85 Å². The molecular formula is C18H18BBr. The van der Waals surface area contributed by atoms with Crippen LogP contribution in [0.15, 0.2) is 47.4 Å². The van der Waals surface area contributed by atoms with E-state index in [9.17, 15) is 0 Å². The Balaban J connectivity index is 1.91. The lowest BCUT2D eigenvalue weighted by atomic mass is 9.84. The van der Waals surface area contributed by atoms with Gasteiger partial charge in [-0.25, -0.2) is 0 Å². The maximum Gasteiger partial charge on any atom is 0.140 e. The molecule has 2 heteroatoms. The molecule has 0 N–H and O–H groups in total. The van der Waals surface area contributed by atoms with E-state index in [0.29, 0.717) is 5.92 Å². The van der Waals surface area contributed by atoms with E-state index in [2.05, 4.69) is 73.7 Å². The first-order valence-corrected chi connectivity index (χ1v) is 7.89. The number of fused-ring (bicyclic) bond motifs is 1. The molecule has 0 nitrogen and oxygen atoms in total. The first kappa shape index (κ1) is 13.7. The normalized spacial score (nSPS) is 17.3. The Labute approximate surface area is 130 Å². The second kappa shape index (κ2) is 5.25. The van der Waals surface area contributed by atoms with Crippen LogP contribution in [0.2, 0.25) is 0 Å². The molecule has 0 fully saturated rings. The van der Waals surface area contributed by atoms with E-state index in [1.54, 1.807) is 0 Å². The van der Waals surface area contributed by atoms with Crippen molar-refractivity contribution < 1.29 is 0 Å². The smallest absolute Gasteiger partial charge is 0.0949 e. The van der Waals surface area contributed by atoms with Crippen LogP contribution in [0.3, 0.4) is 0 Å². The van der Waals surface area contributed by atoms with Gasteiger partial charge in [0.1, 0.15) is 7.85 Å². The van der Waals surface area contributed by atoms with Crippen molar-refractivity contribution in [3.63, 3.8) is 0 Å². The van der Waals surface area contributed by atoms with Crippen molar-refractivity contribution in [2.24, 2.45) is 5.92 Å².